The summed E-state index contributed by atoms with van der Waals surface area (Å²) in [7, 11) is 0. The number of hydrogen-bond acceptors (Lipinski definition) is 2. The van der Waals surface area contributed by atoms with E-state index in [1.807, 2.05) is 30.0 Å². The molecule has 106 valence electrons. The number of carbonyl (C=O) groups excluding carboxylic acids is 1. The van der Waals surface area contributed by atoms with Gasteiger partial charge in [-0.3, -0.25) is 4.79 Å². The normalized spacial score (nSPS) is 13.6. The molecule has 0 saturated heterocycles. The van der Waals surface area contributed by atoms with Gasteiger partial charge in [0.2, 0.25) is 0 Å². The molecular formula is C17H21NO2. The van der Waals surface area contributed by atoms with Crippen LogP contribution in [0.2, 0.25) is 0 Å². The van der Waals surface area contributed by atoms with E-state index in [0.717, 1.165) is 31.4 Å². The molecule has 3 nitrogen and oxygen atoms in total. The van der Waals surface area contributed by atoms with Crippen LogP contribution in [0.5, 0.6) is 0 Å². The highest BCUT2D eigenvalue weighted by Gasteiger charge is 2.33. The number of aryl methyl sites for hydroxylation is 1. The number of nitrogens with zero attached hydrogens (tertiary/aromatic N) is 1. The van der Waals surface area contributed by atoms with Gasteiger partial charge in [0.05, 0.1) is 5.56 Å². The number of amides is 1. The van der Waals surface area contributed by atoms with Crippen molar-refractivity contribution < 1.29 is 9.90 Å². The Bertz CT molecular complexity index is 550. The van der Waals surface area contributed by atoms with Gasteiger partial charge in [-0.2, -0.15) is 0 Å². The van der Waals surface area contributed by atoms with Crippen LogP contribution in [0.25, 0.3) is 0 Å². The van der Waals surface area contributed by atoms with Crippen molar-refractivity contribution in [2.75, 3.05) is 13.2 Å². The zero-order valence-electron chi connectivity index (χ0n) is 12.1. The average Bonchev–Trinajstić information content (AvgIpc) is 3.27. The molecule has 0 aliphatic heterocycles. The van der Waals surface area contributed by atoms with Gasteiger partial charge in [0.1, 0.15) is 6.61 Å². The van der Waals surface area contributed by atoms with Crippen molar-refractivity contribution in [1.29, 1.82) is 0 Å². The highest BCUT2D eigenvalue weighted by Crippen LogP contribution is 2.29. The van der Waals surface area contributed by atoms with Gasteiger partial charge in [-0.25, -0.2) is 0 Å². The van der Waals surface area contributed by atoms with Crippen molar-refractivity contribution in [2.24, 2.45) is 0 Å². The predicted octanol–water partition coefficient (Wildman–Crippen LogP) is 2.35. The summed E-state index contributed by atoms with van der Waals surface area (Å²) < 4.78 is 0. The van der Waals surface area contributed by atoms with Crippen LogP contribution in [0.15, 0.2) is 18.2 Å². The number of benzene rings is 1. The molecule has 20 heavy (non-hydrogen) atoms. The third-order valence-corrected chi connectivity index (χ3v) is 3.42. The monoisotopic (exact) mass is 271 g/mol. The second-order valence-corrected chi connectivity index (χ2v) is 5.24. The maximum atomic E-state index is 12.7. The van der Waals surface area contributed by atoms with E-state index in [0.29, 0.717) is 17.2 Å². The van der Waals surface area contributed by atoms with Crippen LogP contribution in [0.3, 0.4) is 0 Å². The molecule has 1 saturated carbocycles. The number of aliphatic hydroxyl groups is 1. The highest BCUT2D eigenvalue weighted by atomic mass is 16.2. The SMILES string of the molecule is CCCN(C(=O)c1cc(C)ccc1C#CCO)C1CC1. The molecule has 1 aliphatic rings. The molecule has 1 fully saturated rings. The summed E-state index contributed by atoms with van der Waals surface area (Å²) in [6.07, 6.45) is 3.18. The first-order valence-electron chi connectivity index (χ1n) is 7.18. The fourth-order valence-corrected chi connectivity index (χ4v) is 2.31. The zero-order chi connectivity index (χ0) is 14.5. The van der Waals surface area contributed by atoms with E-state index in [1.165, 1.54) is 0 Å². The van der Waals surface area contributed by atoms with E-state index >= 15 is 0 Å². The Morgan fingerprint density at radius 3 is 2.80 bits per heavy atom. The molecule has 1 aromatic carbocycles. The van der Waals surface area contributed by atoms with Crippen LogP contribution >= 0.6 is 0 Å². The first kappa shape index (κ1) is 14.6. The fraction of sp³-hybridized carbons (Fsp3) is 0.471. The molecule has 3 heteroatoms. The van der Waals surface area contributed by atoms with Crippen LogP contribution in [0.4, 0.5) is 0 Å². The standard InChI is InChI=1S/C17H21NO2/c1-3-10-18(15-8-9-15)17(20)16-12-13(2)6-7-14(16)5-4-11-19/h6-7,12,15,19H,3,8-11H2,1-2H3. The summed E-state index contributed by atoms with van der Waals surface area (Å²) in [4.78, 5) is 14.7. The number of rotatable bonds is 4. The van der Waals surface area contributed by atoms with E-state index in [4.69, 9.17) is 5.11 Å². The van der Waals surface area contributed by atoms with E-state index in [2.05, 4.69) is 18.8 Å². The predicted molar refractivity (Wildman–Crippen MR) is 79.5 cm³/mol. The molecule has 2 rings (SSSR count). The minimum atomic E-state index is -0.192. The second-order valence-electron chi connectivity index (χ2n) is 5.24. The second kappa shape index (κ2) is 6.58. The van der Waals surface area contributed by atoms with Crippen molar-refractivity contribution >= 4 is 5.91 Å². The lowest BCUT2D eigenvalue weighted by atomic mass is 10.0. The summed E-state index contributed by atoms with van der Waals surface area (Å²) in [5.41, 5.74) is 2.41. The zero-order valence-corrected chi connectivity index (χ0v) is 12.1. The van der Waals surface area contributed by atoms with Gasteiger partial charge in [-0.15, -0.1) is 0 Å². The molecule has 0 heterocycles. The van der Waals surface area contributed by atoms with Crippen molar-refractivity contribution in [3.05, 3.63) is 34.9 Å². The topological polar surface area (TPSA) is 40.5 Å². The van der Waals surface area contributed by atoms with Gasteiger partial charge < -0.3 is 10.0 Å². The largest absolute Gasteiger partial charge is 0.384 e. The number of aliphatic hydroxyl groups excluding tert-OH is 1. The molecule has 0 radical (unpaired) electrons. The molecule has 0 aromatic heterocycles. The van der Waals surface area contributed by atoms with Crippen molar-refractivity contribution in [2.45, 2.75) is 39.2 Å². The molecule has 0 atom stereocenters. The van der Waals surface area contributed by atoms with Gasteiger partial charge in [-0.1, -0.05) is 30.4 Å². The molecule has 1 N–H and O–H groups in total. The van der Waals surface area contributed by atoms with Gasteiger partial charge >= 0.3 is 0 Å². The molecule has 0 unspecified atom stereocenters. The Hall–Kier alpha value is -1.79. The van der Waals surface area contributed by atoms with Gasteiger partial charge in [0.15, 0.2) is 0 Å². The lowest BCUT2D eigenvalue weighted by Crippen LogP contribution is -2.34. The van der Waals surface area contributed by atoms with Crippen LogP contribution in [-0.2, 0) is 0 Å². The first-order valence-corrected chi connectivity index (χ1v) is 7.18. The summed E-state index contributed by atoms with van der Waals surface area (Å²) in [6, 6.07) is 6.11. The van der Waals surface area contributed by atoms with Crippen LogP contribution in [0, 0.1) is 18.8 Å². The minimum Gasteiger partial charge on any atom is -0.384 e. The molecule has 1 aromatic rings. The Morgan fingerprint density at radius 1 is 1.45 bits per heavy atom. The van der Waals surface area contributed by atoms with Crippen molar-refractivity contribution in [3.63, 3.8) is 0 Å². The van der Waals surface area contributed by atoms with Crippen LogP contribution in [0.1, 0.15) is 47.7 Å². The number of hydrogen-bond donors (Lipinski definition) is 1. The molecule has 0 bridgehead atoms. The Labute approximate surface area is 120 Å². The van der Waals surface area contributed by atoms with E-state index < -0.39 is 0 Å². The first-order chi connectivity index (χ1) is 9.67. The Morgan fingerprint density at radius 2 is 2.20 bits per heavy atom. The Kier molecular flexibility index (Phi) is 4.81. The van der Waals surface area contributed by atoms with Crippen LogP contribution < -0.4 is 0 Å². The quantitative estimate of drug-likeness (QED) is 0.854. The van der Waals surface area contributed by atoms with Gasteiger partial charge in [0, 0.05) is 18.2 Å². The van der Waals surface area contributed by atoms with E-state index in [1.54, 1.807) is 0 Å². The molecule has 1 amide bonds. The summed E-state index contributed by atoms with van der Waals surface area (Å²) in [5, 5.41) is 8.83. The minimum absolute atomic E-state index is 0.0697. The van der Waals surface area contributed by atoms with Gasteiger partial charge in [0.25, 0.3) is 5.91 Å². The third kappa shape index (κ3) is 3.40. The van der Waals surface area contributed by atoms with Crippen molar-refractivity contribution in [1.82, 2.24) is 4.90 Å². The maximum Gasteiger partial charge on any atom is 0.255 e. The summed E-state index contributed by atoms with van der Waals surface area (Å²) >= 11 is 0. The van der Waals surface area contributed by atoms with Crippen molar-refractivity contribution in [3.8, 4) is 11.8 Å². The molecule has 1 aliphatic carbocycles. The summed E-state index contributed by atoms with van der Waals surface area (Å²) in [6.45, 7) is 4.67. The Balaban J connectivity index is 2.33. The maximum absolute atomic E-state index is 12.7. The highest BCUT2D eigenvalue weighted by molar-refractivity contribution is 5.97. The molecule has 0 spiro atoms. The molecular weight excluding hydrogens is 250 g/mol. The summed E-state index contributed by atoms with van der Waals surface area (Å²) in [5.74, 6) is 5.58. The average molecular weight is 271 g/mol. The van der Waals surface area contributed by atoms with E-state index in [-0.39, 0.29) is 12.5 Å². The smallest absolute Gasteiger partial charge is 0.255 e. The van der Waals surface area contributed by atoms with E-state index in [9.17, 15) is 4.79 Å². The van der Waals surface area contributed by atoms with Gasteiger partial charge in [-0.05, 0) is 38.3 Å². The lowest BCUT2D eigenvalue weighted by molar-refractivity contribution is 0.0742. The van der Waals surface area contributed by atoms with Crippen LogP contribution in [-0.4, -0.2) is 35.1 Å². The number of carbonyl (C=O) groups is 1. The third-order valence-electron chi connectivity index (χ3n) is 3.42. The lowest BCUT2D eigenvalue weighted by Gasteiger charge is -2.22. The fourth-order valence-electron chi connectivity index (χ4n) is 2.31.